The molecule has 72 valence electrons. The molecule has 2 aromatic rings. The number of carbonyl (C=O) groups excluding carboxylic acids is 1. The fourth-order valence-electron chi connectivity index (χ4n) is 0.993. The van der Waals surface area contributed by atoms with Crippen LogP contribution in [0.2, 0.25) is 0 Å². The van der Waals surface area contributed by atoms with Gasteiger partial charge in [-0.1, -0.05) is 11.3 Å². The molecule has 0 bridgehead atoms. The van der Waals surface area contributed by atoms with E-state index in [0.717, 1.165) is 10.2 Å². The Bertz CT molecular complexity index is 434. The zero-order chi connectivity index (χ0) is 9.97. The molecule has 0 fully saturated rings. The Morgan fingerprint density at radius 1 is 1.57 bits per heavy atom. The van der Waals surface area contributed by atoms with E-state index in [1.165, 1.54) is 11.3 Å². The lowest BCUT2D eigenvalue weighted by molar-refractivity contribution is 0.254. The third-order valence-corrected chi connectivity index (χ3v) is 2.59. The van der Waals surface area contributed by atoms with E-state index < -0.39 is 0 Å². The maximum atomic E-state index is 11.0. The van der Waals surface area contributed by atoms with Gasteiger partial charge >= 0.3 is 6.03 Å². The molecule has 6 heteroatoms. The summed E-state index contributed by atoms with van der Waals surface area (Å²) in [7, 11) is 1.56. The van der Waals surface area contributed by atoms with E-state index in [-0.39, 0.29) is 6.03 Å². The van der Waals surface area contributed by atoms with Crippen molar-refractivity contribution in [3.8, 4) is 0 Å². The smallest absolute Gasteiger partial charge is 0.320 e. The minimum atomic E-state index is -0.267. The Labute approximate surface area is 84.2 Å². The maximum Gasteiger partial charge on any atom is 0.320 e. The molecule has 5 nitrogen and oxygen atoms in total. The molecule has 2 rings (SSSR count). The van der Waals surface area contributed by atoms with Crippen LogP contribution in [0.5, 0.6) is 0 Å². The molecule has 0 saturated heterocycles. The van der Waals surface area contributed by atoms with E-state index in [0.29, 0.717) is 5.13 Å². The van der Waals surface area contributed by atoms with Crippen LogP contribution in [0.4, 0.5) is 9.93 Å². The van der Waals surface area contributed by atoms with Crippen LogP contribution in [0.25, 0.3) is 10.2 Å². The van der Waals surface area contributed by atoms with Gasteiger partial charge in [-0.25, -0.2) is 9.78 Å². The molecule has 0 aliphatic carbocycles. The molecule has 2 N–H and O–H groups in total. The van der Waals surface area contributed by atoms with Crippen molar-refractivity contribution in [3.63, 3.8) is 0 Å². The van der Waals surface area contributed by atoms with Crippen molar-refractivity contribution in [2.75, 3.05) is 12.4 Å². The molecule has 0 aromatic carbocycles. The van der Waals surface area contributed by atoms with Crippen molar-refractivity contribution >= 4 is 32.7 Å². The van der Waals surface area contributed by atoms with Crippen molar-refractivity contribution < 1.29 is 4.79 Å². The first-order valence-corrected chi connectivity index (χ1v) is 4.80. The molecule has 2 heterocycles. The summed E-state index contributed by atoms with van der Waals surface area (Å²) in [6.45, 7) is 0. The number of rotatable bonds is 1. The van der Waals surface area contributed by atoms with Crippen LogP contribution in [0.1, 0.15) is 0 Å². The van der Waals surface area contributed by atoms with Crippen molar-refractivity contribution in [1.82, 2.24) is 15.3 Å². The lowest BCUT2D eigenvalue weighted by Crippen LogP contribution is -2.24. The lowest BCUT2D eigenvalue weighted by Gasteiger charge is -1.97. The van der Waals surface area contributed by atoms with Gasteiger partial charge < -0.3 is 5.32 Å². The Morgan fingerprint density at radius 2 is 2.43 bits per heavy atom. The van der Waals surface area contributed by atoms with Crippen LogP contribution >= 0.6 is 11.3 Å². The Kier molecular flexibility index (Phi) is 2.28. The molecule has 0 spiro atoms. The van der Waals surface area contributed by atoms with Gasteiger partial charge in [-0.15, -0.1) is 0 Å². The number of hydrogen-bond acceptors (Lipinski definition) is 4. The number of hydrogen-bond donors (Lipinski definition) is 2. The molecular weight excluding hydrogens is 200 g/mol. The molecule has 0 saturated carbocycles. The SMILES string of the molecule is CNC(=O)Nc1nc2cnccc2s1. The van der Waals surface area contributed by atoms with Gasteiger partial charge in [-0.3, -0.25) is 10.3 Å². The highest BCUT2D eigenvalue weighted by Gasteiger charge is 2.05. The quantitative estimate of drug-likeness (QED) is 0.745. The lowest BCUT2D eigenvalue weighted by atomic mass is 10.5. The zero-order valence-electron chi connectivity index (χ0n) is 7.44. The third-order valence-electron chi connectivity index (χ3n) is 1.64. The number of aromatic nitrogens is 2. The van der Waals surface area contributed by atoms with Crippen LogP contribution in [0.15, 0.2) is 18.5 Å². The van der Waals surface area contributed by atoms with E-state index in [1.54, 1.807) is 19.4 Å². The molecule has 2 amide bonds. The minimum Gasteiger partial charge on any atom is -0.341 e. The number of nitrogens with one attached hydrogen (secondary N) is 2. The summed E-state index contributed by atoms with van der Waals surface area (Å²) in [6.07, 6.45) is 3.37. The van der Waals surface area contributed by atoms with Gasteiger partial charge in [-0.05, 0) is 6.07 Å². The van der Waals surface area contributed by atoms with E-state index >= 15 is 0 Å². The number of nitrogens with zero attached hydrogens (tertiary/aromatic N) is 2. The average molecular weight is 208 g/mol. The van der Waals surface area contributed by atoms with Gasteiger partial charge in [0.05, 0.1) is 10.9 Å². The first-order chi connectivity index (χ1) is 6.79. The van der Waals surface area contributed by atoms with E-state index in [2.05, 4.69) is 20.6 Å². The van der Waals surface area contributed by atoms with Crippen molar-refractivity contribution in [1.29, 1.82) is 0 Å². The van der Waals surface area contributed by atoms with Gasteiger partial charge in [-0.2, -0.15) is 0 Å². The predicted molar refractivity (Wildman–Crippen MR) is 55.5 cm³/mol. The summed E-state index contributed by atoms with van der Waals surface area (Å²) in [5, 5.41) is 5.65. The van der Waals surface area contributed by atoms with Crippen LogP contribution in [-0.4, -0.2) is 23.0 Å². The molecule has 0 radical (unpaired) electrons. The molecule has 0 aliphatic rings. The molecule has 0 aliphatic heterocycles. The number of fused-ring (bicyclic) bond motifs is 1. The Hall–Kier alpha value is -1.69. The average Bonchev–Trinajstić information content (AvgIpc) is 2.59. The summed E-state index contributed by atoms with van der Waals surface area (Å²) in [5.41, 5.74) is 0.795. The normalized spacial score (nSPS) is 10.1. The zero-order valence-corrected chi connectivity index (χ0v) is 8.26. The van der Waals surface area contributed by atoms with Crippen molar-refractivity contribution in [3.05, 3.63) is 18.5 Å². The fourth-order valence-corrected chi connectivity index (χ4v) is 1.82. The summed E-state index contributed by atoms with van der Waals surface area (Å²) in [6, 6.07) is 1.60. The fraction of sp³-hybridized carbons (Fsp3) is 0.125. The summed E-state index contributed by atoms with van der Waals surface area (Å²) < 4.78 is 1.01. The maximum absolute atomic E-state index is 11.0. The minimum absolute atomic E-state index is 0.267. The standard InChI is InChI=1S/C8H8N4OS/c1-9-7(13)12-8-11-5-4-10-3-2-6(5)14-8/h2-4H,1H3,(H2,9,11,12,13). The molecule has 2 aromatic heterocycles. The largest absolute Gasteiger partial charge is 0.341 e. The predicted octanol–water partition coefficient (Wildman–Crippen LogP) is 1.44. The van der Waals surface area contributed by atoms with E-state index in [1.807, 2.05) is 6.07 Å². The van der Waals surface area contributed by atoms with Crippen LogP contribution in [0.3, 0.4) is 0 Å². The number of amides is 2. The molecule has 14 heavy (non-hydrogen) atoms. The second kappa shape index (κ2) is 3.59. The number of pyridine rings is 1. The monoisotopic (exact) mass is 208 g/mol. The third kappa shape index (κ3) is 1.64. The van der Waals surface area contributed by atoms with Crippen LogP contribution in [0, 0.1) is 0 Å². The summed E-state index contributed by atoms with van der Waals surface area (Å²) in [5.74, 6) is 0. The Balaban J connectivity index is 2.31. The van der Waals surface area contributed by atoms with Crippen molar-refractivity contribution in [2.24, 2.45) is 0 Å². The number of anilines is 1. The van der Waals surface area contributed by atoms with Crippen molar-refractivity contribution in [2.45, 2.75) is 0 Å². The second-order valence-electron chi connectivity index (χ2n) is 2.57. The number of urea groups is 1. The first kappa shape index (κ1) is 8.89. The molecular formula is C8H8N4OS. The van der Waals surface area contributed by atoms with Gasteiger partial charge in [0.25, 0.3) is 0 Å². The Morgan fingerprint density at radius 3 is 3.14 bits per heavy atom. The van der Waals surface area contributed by atoms with Gasteiger partial charge in [0.1, 0.15) is 5.52 Å². The first-order valence-electron chi connectivity index (χ1n) is 3.99. The highest BCUT2D eigenvalue weighted by atomic mass is 32.1. The van der Waals surface area contributed by atoms with Gasteiger partial charge in [0.15, 0.2) is 5.13 Å². The van der Waals surface area contributed by atoms with E-state index in [9.17, 15) is 4.79 Å². The second-order valence-corrected chi connectivity index (χ2v) is 3.60. The number of thiazole rings is 1. The van der Waals surface area contributed by atoms with Crippen LogP contribution in [-0.2, 0) is 0 Å². The number of carbonyl (C=O) groups is 1. The van der Waals surface area contributed by atoms with Crippen LogP contribution < -0.4 is 10.6 Å². The highest BCUT2D eigenvalue weighted by Crippen LogP contribution is 2.24. The van der Waals surface area contributed by atoms with Gasteiger partial charge in [0.2, 0.25) is 0 Å². The summed E-state index contributed by atoms with van der Waals surface area (Å²) in [4.78, 5) is 19.1. The molecule has 0 unspecified atom stereocenters. The topological polar surface area (TPSA) is 66.9 Å². The van der Waals surface area contributed by atoms with Gasteiger partial charge in [0, 0.05) is 13.2 Å². The summed E-state index contributed by atoms with van der Waals surface area (Å²) >= 11 is 1.42. The van der Waals surface area contributed by atoms with E-state index in [4.69, 9.17) is 0 Å². The highest BCUT2D eigenvalue weighted by molar-refractivity contribution is 7.22. The molecule has 0 atom stereocenters.